The van der Waals surface area contributed by atoms with E-state index in [2.05, 4.69) is 42.5 Å². The molecule has 0 saturated carbocycles. The lowest BCUT2D eigenvalue weighted by atomic mass is 9.96. The Kier molecular flexibility index (Phi) is 6.16. The average Bonchev–Trinajstić information content (AvgIpc) is 3.09. The molecule has 0 aliphatic carbocycles. The van der Waals surface area contributed by atoms with Gasteiger partial charge in [-0.05, 0) is 29.8 Å². The summed E-state index contributed by atoms with van der Waals surface area (Å²) in [4.78, 5) is 13.9. The zero-order valence-corrected chi connectivity index (χ0v) is 17.0. The number of aromatic nitrogens is 3. The Bertz CT molecular complexity index is 1010. The van der Waals surface area contributed by atoms with Crippen LogP contribution in [0.4, 0.5) is 0 Å². The van der Waals surface area contributed by atoms with Crippen LogP contribution >= 0.6 is 11.8 Å². The summed E-state index contributed by atoms with van der Waals surface area (Å²) in [5.41, 5.74) is 1.67. The summed E-state index contributed by atoms with van der Waals surface area (Å²) in [5, 5.41) is 20.0. The van der Waals surface area contributed by atoms with Crippen LogP contribution in [0.25, 0.3) is 11.7 Å². The first-order chi connectivity index (χ1) is 13.4. The molecule has 0 aliphatic heterocycles. The highest BCUT2D eigenvalue weighted by Crippen LogP contribution is 2.32. The third-order valence-corrected chi connectivity index (χ3v) is 5.09. The zero-order chi connectivity index (χ0) is 20.1. The first kappa shape index (κ1) is 20.1. The lowest BCUT2D eigenvalue weighted by Gasteiger charge is -2.16. The number of aliphatic hydroxyl groups is 1. The topological polar surface area (TPSA) is 79.5 Å². The molecule has 0 fully saturated rings. The highest BCUT2D eigenvalue weighted by Gasteiger charge is 2.21. The van der Waals surface area contributed by atoms with Crippen LogP contribution in [0.5, 0.6) is 0 Å². The summed E-state index contributed by atoms with van der Waals surface area (Å²) in [7, 11) is 0. The van der Waals surface area contributed by atoms with E-state index in [-0.39, 0.29) is 24.5 Å². The number of amides is 1. The molecule has 2 N–H and O–H groups in total. The van der Waals surface area contributed by atoms with Gasteiger partial charge in [-0.15, -0.1) is 10.2 Å². The van der Waals surface area contributed by atoms with Crippen molar-refractivity contribution in [2.45, 2.75) is 36.0 Å². The van der Waals surface area contributed by atoms with Crippen molar-refractivity contribution in [1.82, 2.24) is 19.9 Å². The minimum Gasteiger partial charge on any atom is -0.395 e. The Morgan fingerprint density at radius 3 is 2.75 bits per heavy atom. The predicted octanol–water partition coefficient (Wildman–Crippen LogP) is 3.30. The molecule has 1 amide bonds. The molecule has 3 rings (SSSR count). The second-order valence-corrected chi connectivity index (χ2v) is 8.47. The van der Waals surface area contributed by atoms with Gasteiger partial charge in [0.1, 0.15) is 5.82 Å². The second kappa shape index (κ2) is 8.58. The maximum atomic E-state index is 11.8. The van der Waals surface area contributed by atoms with Gasteiger partial charge < -0.3 is 10.4 Å². The van der Waals surface area contributed by atoms with Crippen molar-refractivity contribution in [2.75, 3.05) is 13.2 Å². The third-order valence-electron chi connectivity index (χ3n) is 4.02. The standard InChI is InChI=1S/C21H24N4O2S/c1-21(2,3)20-24-23-18-10-9-16(14-25(18)20)28-17-7-5-4-6-15(17)8-11-19(27)22-12-13-26/h4-11,14,26H,12-13H2,1-3H3,(H,22,27). The highest BCUT2D eigenvalue weighted by molar-refractivity contribution is 7.99. The molecule has 6 nitrogen and oxygen atoms in total. The summed E-state index contributed by atoms with van der Waals surface area (Å²) in [5.74, 6) is 0.688. The van der Waals surface area contributed by atoms with Crippen molar-refractivity contribution >= 4 is 29.4 Å². The van der Waals surface area contributed by atoms with Crippen LogP contribution in [0.2, 0.25) is 0 Å². The molecular formula is C21H24N4O2S. The minimum atomic E-state index is -0.227. The van der Waals surface area contributed by atoms with Crippen molar-refractivity contribution < 1.29 is 9.90 Å². The fraction of sp³-hybridized carbons (Fsp3) is 0.286. The molecule has 28 heavy (non-hydrogen) atoms. The molecule has 0 saturated heterocycles. The SMILES string of the molecule is CC(C)(C)c1nnc2ccc(Sc3ccccc3C=CC(=O)NCCO)cn12. The van der Waals surface area contributed by atoms with Crippen molar-refractivity contribution in [3.8, 4) is 0 Å². The van der Waals surface area contributed by atoms with Gasteiger partial charge >= 0.3 is 0 Å². The average molecular weight is 397 g/mol. The van der Waals surface area contributed by atoms with Gasteiger partial charge in [0.2, 0.25) is 5.91 Å². The van der Waals surface area contributed by atoms with Crippen LogP contribution < -0.4 is 5.32 Å². The Balaban J connectivity index is 1.86. The summed E-state index contributed by atoms with van der Waals surface area (Å²) in [6.07, 6.45) is 5.32. The van der Waals surface area contributed by atoms with Gasteiger partial charge in [-0.2, -0.15) is 0 Å². The van der Waals surface area contributed by atoms with Crippen LogP contribution in [0.3, 0.4) is 0 Å². The monoisotopic (exact) mass is 396 g/mol. The molecule has 2 heterocycles. The van der Waals surface area contributed by atoms with Gasteiger partial charge in [0, 0.05) is 34.0 Å². The number of carbonyl (C=O) groups is 1. The van der Waals surface area contributed by atoms with Crippen molar-refractivity contribution in [2.24, 2.45) is 0 Å². The highest BCUT2D eigenvalue weighted by atomic mass is 32.2. The van der Waals surface area contributed by atoms with Gasteiger partial charge in [0.25, 0.3) is 0 Å². The molecule has 2 aromatic heterocycles. The van der Waals surface area contributed by atoms with Gasteiger partial charge in [-0.25, -0.2) is 0 Å². The molecular weight excluding hydrogens is 372 g/mol. The second-order valence-electron chi connectivity index (χ2n) is 7.35. The van der Waals surface area contributed by atoms with Crippen molar-refractivity contribution in [3.63, 3.8) is 0 Å². The van der Waals surface area contributed by atoms with E-state index >= 15 is 0 Å². The van der Waals surface area contributed by atoms with E-state index in [9.17, 15) is 4.79 Å². The van der Waals surface area contributed by atoms with E-state index in [0.717, 1.165) is 26.8 Å². The quantitative estimate of drug-likeness (QED) is 0.625. The molecule has 0 unspecified atom stereocenters. The normalized spacial score (nSPS) is 12.0. The van der Waals surface area contributed by atoms with Gasteiger partial charge in [0.05, 0.1) is 6.61 Å². The predicted molar refractivity (Wildman–Crippen MR) is 111 cm³/mol. The number of nitrogens with one attached hydrogen (secondary N) is 1. The Morgan fingerprint density at radius 2 is 2.00 bits per heavy atom. The first-order valence-electron chi connectivity index (χ1n) is 9.07. The molecule has 146 valence electrons. The summed E-state index contributed by atoms with van der Waals surface area (Å²) in [6.45, 7) is 6.52. The number of pyridine rings is 1. The molecule has 0 atom stereocenters. The van der Waals surface area contributed by atoms with Crippen molar-refractivity contribution in [1.29, 1.82) is 0 Å². The van der Waals surface area contributed by atoms with Crippen molar-refractivity contribution in [3.05, 3.63) is 60.1 Å². The molecule has 0 spiro atoms. The Labute approximate surface area is 168 Å². The molecule has 0 aliphatic rings. The summed E-state index contributed by atoms with van der Waals surface area (Å²) in [6, 6.07) is 11.9. The van der Waals surface area contributed by atoms with Crippen LogP contribution in [0, 0.1) is 0 Å². The molecule has 0 bridgehead atoms. The smallest absolute Gasteiger partial charge is 0.244 e. The van der Waals surface area contributed by atoms with Crippen LogP contribution in [0.15, 0.2) is 58.5 Å². The lowest BCUT2D eigenvalue weighted by molar-refractivity contribution is -0.116. The van der Waals surface area contributed by atoms with Gasteiger partial charge in [0.15, 0.2) is 5.65 Å². The number of hydrogen-bond donors (Lipinski definition) is 2. The first-order valence-corrected chi connectivity index (χ1v) is 9.89. The van der Waals surface area contributed by atoms with E-state index in [1.54, 1.807) is 17.8 Å². The van der Waals surface area contributed by atoms with Crippen LogP contribution in [-0.2, 0) is 10.2 Å². The number of fused-ring (bicyclic) bond motifs is 1. The summed E-state index contributed by atoms with van der Waals surface area (Å²) < 4.78 is 2.03. The fourth-order valence-electron chi connectivity index (χ4n) is 2.68. The third kappa shape index (κ3) is 4.79. The largest absolute Gasteiger partial charge is 0.395 e. The molecule has 1 aromatic carbocycles. The number of carbonyl (C=O) groups excluding carboxylic acids is 1. The summed E-state index contributed by atoms with van der Waals surface area (Å²) >= 11 is 1.62. The fourth-order valence-corrected chi connectivity index (χ4v) is 3.63. The van der Waals surface area contributed by atoms with Gasteiger partial charge in [-0.3, -0.25) is 9.20 Å². The Morgan fingerprint density at radius 1 is 1.21 bits per heavy atom. The number of benzene rings is 1. The Hall–Kier alpha value is -2.64. The van der Waals surface area contributed by atoms with E-state index in [0.29, 0.717) is 0 Å². The maximum absolute atomic E-state index is 11.8. The number of aliphatic hydroxyl groups excluding tert-OH is 1. The number of hydrogen-bond acceptors (Lipinski definition) is 5. The molecule has 3 aromatic rings. The van der Waals surface area contributed by atoms with Crippen LogP contribution in [0.1, 0.15) is 32.2 Å². The van der Waals surface area contributed by atoms with E-state index in [1.165, 1.54) is 6.08 Å². The maximum Gasteiger partial charge on any atom is 0.244 e. The molecule has 7 heteroatoms. The number of nitrogens with zero attached hydrogens (tertiary/aromatic N) is 3. The molecule has 0 radical (unpaired) electrons. The zero-order valence-electron chi connectivity index (χ0n) is 16.2. The van der Waals surface area contributed by atoms with E-state index in [1.807, 2.05) is 40.8 Å². The van der Waals surface area contributed by atoms with Crippen LogP contribution in [-0.4, -0.2) is 38.8 Å². The van der Waals surface area contributed by atoms with E-state index in [4.69, 9.17) is 5.11 Å². The lowest BCUT2D eigenvalue weighted by Crippen LogP contribution is -2.24. The minimum absolute atomic E-state index is 0.0752. The van der Waals surface area contributed by atoms with Gasteiger partial charge in [-0.1, -0.05) is 50.7 Å². The van der Waals surface area contributed by atoms with E-state index < -0.39 is 0 Å². The number of rotatable bonds is 6.